The number of nitrogens with one attached hydrogen (secondary N) is 1. The van der Waals surface area contributed by atoms with E-state index in [4.69, 9.17) is 19.2 Å². The summed E-state index contributed by atoms with van der Waals surface area (Å²) in [5.41, 5.74) is 5.12. The van der Waals surface area contributed by atoms with Crippen LogP contribution in [0.2, 0.25) is 0 Å². The molecule has 5 rings (SSSR count). The predicted octanol–water partition coefficient (Wildman–Crippen LogP) is 4.66. The van der Waals surface area contributed by atoms with Crippen LogP contribution in [0.1, 0.15) is 11.1 Å². The zero-order chi connectivity index (χ0) is 19.8. The van der Waals surface area contributed by atoms with E-state index in [2.05, 4.69) is 28.8 Å². The van der Waals surface area contributed by atoms with Crippen LogP contribution in [-0.2, 0) is 6.54 Å². The van der Waals surface area contributed by atoms with E-state index in [0.717, 1.165) is 45.5 Å². The molecule has 1 N–H and O–H groups in total. The van der Waals surface area contributed by atoms with Gasteiger partial charge in [-0.3, -0.25) is 4.40 Å². The smallest absolute Gasteiger partial charge is 0.231 e. The van der Waals surface area contributed by atoms with Crippen molar-refractivity contribution in [2.75, 3.05) is 19.2 Å². The van der Waals surface area contributed by atoms with Gasteiger partial charge in [0.15, 0.2) is 11.5 Å². The first kappa shape index (κ1) is 17.4. The first-order chi connectivity index (χ1) is 14.2. The number of ether oxygens (including phenoxy) is 3. The van der Waals surface area contributed by atoms with Crippen LogP contribution in [0.3, 0.4) is 0 Å². The van der Waals surface area contributed by atoms with Crippen molar-refractivity contribution in [1.82, 2.24) is 9.38 Å². The number of anilines is 1. The number of aryl methyl sites for hydroxylation is 1. The highest BCUT2D eigenvalue weighted by molar-refractivity contribution is 5.77. The monoisotopic (exact) mass is 387 g/mol. The molecule has 1 aliphatic heterocycles. The Bertz CT molecular complexity index is 1180. The third-order valence-electron chi connectivity index (χ3n) is 5.04. The molecule has 0 spiro atoms. The molecule has 0 saturated heterocycles. The van der Waals surface area contributed by atoms with Crippen LogP contribution in [0.4, 0.5) is 5.82 Å². The lowest BCUT2D eigenvalue weighted by molar-refractivity contribution is 0.174. The van der Waals surface area contributed by atoms with E-state index in [1.165, 1.54) is 5.56 Å². The molecule has 0 bridgehead atoms. The Kier molecular flexibility index (Phi) is 4.24. The van der Waals surface area contributed by atoms with Crippen LogP contribution in [-0.4, -0.2) is 23.3 Å². The molecule has 0 atom stereocenters. The fourth-order valence-electron chi connectivity index (χ4n) is 3.50. The molecule has 0 saturated carbocycles. The minimum absolute atomic E-state index is 0.278. The number of hydrogen-bond acceptors (Lipinski definition) is 5. The summed E-state index contributed by atoms with van der Waals surface area (Å²) in [5.74, 6) is 3.34. The van der Waals surface area contributed by atoms with Crippen LogP contribution in [0.25, 0.3) is 16.9 Å². The Morgan fingerprint density at radius 3 is 2.69 bits per heavy atom. The molecule has 6 heteroatoms. The van der Waals surface area contributed by atoms with Gasteiger partial charge in [0.05, 0.1) is 7.11 Å². The van der Waals surface area contributed by atoms with Crippen molar-refractivity contribution in [2.45, 2.75) is 13.5 Å². The normalized spacial score (nSPS) is 12.3. The number of rotatable bonds is 5. The average molecular weight is 387 g/mol. The maximum absolute atomic E-state index is 5.50. The number of methoxy groups -OCH3 is 1. The zero-order valence-electron chi connectivity index (χ0n) is 16.3. The molecular weight excluding hydrogens is 366 g/mol. The molecule has 4 aromatic rings. The lowest BCUT2D eigenvalue weighted by atomic mass is 10.1. The van der Waals surface area contributed by atoms with Crippen molar-refractivity contribution >= 4 is 11.5 Å². The summed E-state index contributed by atoms with van der Waals surface area (Å²) in [5, 5.41) is 3.56. The van der Waals surface area contributed by atoms with Crippen molar-refractivity contribution in [2.24, 2.45) is 0 Å². The highest BCUT2D eigenvalue weighted by atomic mass is 16.7. The van der Waals surface area contributed by atoms with Crippen LogP contribution in [0, 0.1) is 6.92 Å². The van der Waals surface area contributed by atoms with Gasteiger partial charge in [0.2, 0.25) is 6.79 Å². The van der Waals surface area contributed by atoms with Gasteiger partial charge >= 0.3 is 0 Å². The highest BCUT2D eigenvalue weighted by Crippen LogP contribution is 2.34. The fourth-order valence-corrected chi connectivity index (χ4v) is 3.50. The second-order valence-corrected chi connectivity index (χ2v) is 7.01. The van der Waals surface area contributed by atoms with Gasteiger partial charge in [-0.15, -0.1) is 0 Å². The lowest BCUT2D eigenvalue weighted by Crippen LogP contribution is -2.03. The first-order valence-corrected chi connectivity index (χ1v) is 9.47. The molecule has 2 aromatic carbocycles. The summed E-state index contributed by atoms with van der Waals surface area (Å²) in [7, 11) is 1.67. The van der Waals surface area contributed by atoms with Crippen molar-refractivity contribution in [1.29, 1.82) is 0 Å². The van der Waals surface area contributed by atoms with Gasteiger partial charge in [0.1, 0.15) is 22.9 Å². The number of fused-ring (bicyclic) bond motifs is 2. The van der Waals surface area contributed by atoms with E-state index in [9.17, 15) is 0 Å². The second-order valence-electron chi connectivity index (χ2n) is 7.01. The molecule has 146 valence electrons. The second kappa shape index (κ2) is 7.05. The summed E-state index contributed by atoms with van der Waals surface area (Å²) in [6.07, 6.45) is 2.05. The van der Waals surface area contributed by atoms with E-state index >= 15 is 0 Å². The number of benzene rings is 2. The van der Waals surface area contributed by atoms with Gasteiger partial charge < -0.3 is 19.5 Å². The molecule has 1 aliphatic rings. The number of hydrogen-bond donors (Lipinski definition) is 1. The van der Waals surface area contributed by atoms with Gasteiger partial charge in [-0.2, -0.15) is 0 Å². The largest absolute Gasteiger partial charge is 0.497 e. The van der Waals surface area contributed by atoms with E-state index < -0.39 is 0 Å². The maximum atomic E-state index is 5.50. The SMILES string of the molecule is COc1ccc(-c2nc3cc(C)ccn3c2NCc2ccc3c(c2)OCO3)cc1. The molecule has 0 radical (unpaired) electrons. The maximum Gasteiger partial charge on any atom is 0.231 e. The van der Waals surface area contributed by atoms with Crippen molar-refractivity contribution in [3.8, 4) is 28.5 Å². The fraction of sp³-hybridized carbons (Fsp3) is 0.174. The zero-order valence-corrected chi connectivity index (χ0v) is 16.3. The summed E-state index contributed by atoms with van der Waals surface area (Å²) in [6, 6.07) is 18.1. The van der Waals surface area contributed by atoms with Crippen LogP contribution < -0.4 is 19.5 Å². The summed E-state index contributed by atoms with van der Waals surface area (Å²) in [4.78, 5) is 4.88. The molecule has 29 heavy (non-hydrogen) atoms. The Morgan fingerprint density at radius 2 is 1.86 bits per heavy atom. The molecule has 0 aliphatic carbocycles. The Morgan fingerprint density at radius 1 is 1.03 bits per heavy atom. The topological polar surface area (TPSA) is 57.0 Å². The quantitative estimate of drug-likeness (QED) is 0.540. The van der Waals surface area contributed by atoms with Gasteiger partial charge in [-0.05, 0) is 66.6 Å². The van der Waals surface area contributed by atoms with Crippen molar-refractivity contribution < 1.29 is 14.2 Å². The van der Waals surface area contributed by atoms with Gasteiger partial charge in [0.25, 0.3) is 0 Å². The summed E-state index contributed by atoms with van der Waals surface area (Å²) < 4.78 is 18.3. The number of imidazole rings is 1. The van der Waals surface area contributed by atoms with E-state index in [1.54, 1.807) is 7.11 Å². The van der Waals surface area contributed by atoms with Gasteiger partial charge in [-0.25, -0.2) is 4.98 Å². The Balaban J connectivity index is 1.52. The van der Waals surface area contributed by atoms with E-state index in [1.807, 2.05) is 48.7 Å². The van der Waals surface area contributed by atoms with E-state index in [0.29, 0.717) is 6.54 Å². The first-order valence-electron chi connectivity index (χ1n) is 9.47. The number of pyridine rings is 1. The average Bonchev–Trinajstić information content (AvgIpc) is 3.35. The molecule has 0 fully saturated rings. The molecule has 2 aromatic heterocycles. The standard InChI is InChI=1S/C23H21N3O3/c1-15-9-10-26-21(11-15)25-22(17-4-6-18(27-2)7-5-17)23(26)24-13-16-3-8-19-20(12-16)29-14-28-19/h3-12,24H,13-14H2,1-2H3. The Hall–Kier alpha value is -3.67. The minimum Gasteiger partial charge on any atom is -0.497 e. The van der Waals surface area contributed by atoms with Crippen LogP contribution >= 0.6 is 0 Å². The van der Waals surface area contributed by atoms with Crippen molar-refractivity contribution in [3.63, 3.8) is 0 Å². The third-order valence-corrected chi connectivity index (χ3v) is 5.04. The summed E-state index contributed by atoms with van der Waals surface area (Å²) in [6.45, 7) is 2.99. The van der Waals surface area contributed by atoms with Crippen LogP contribution in [0.5, 0.6) is 17.2 Å². The molecule has 0 amide bonds. The molecule has 6 nitrogen and oxygen atoms in total. The third kappa shape index (κ3) is 3.23. The Labute approximate surface area is 168 Å². The molecular formula is C23H21N3O3. The highest BCUT2D eigenvalue weighted by Gasteiger charge is 2.16. The van der Waals surface area contributed by atoms with Gasteiger partial charge in [0, 0.05) is 18.3 Å². The lowest BCUT2D eigenvalue weighted by Gasteiger charge is -2.10. The summed E-state index contributed by atoms with van der Waals surface area (Å²) >= 11 is 0. The van der Waals surface area contributed by atoms with Gasteiger partial charge in [-0.1, -0.05) is 6.07 Å². The molecule has 0 unspecified atom stereocenters. The number of aromatic nitrogens is 2. The molecule has 3 heterocycles. The number of nitrogens with zero attached hydrogens (tertiary/aromatic N) is 2. The van der Waals surface area contributed by atoms with Crippen molar-refractivity contribution in [3.05, 3.63) is 71.9 Å². The van der Waals surface area contributed by atoms with E-state index in [-0.39, 0.29) is 6.79 Å². The van der Waals surface area contributed by atoms with Crippen LogP contribution in [0.15, 0.2) is 60.8 Å². The minimum atomic E-state index is 0.278. The predicted molar refractivity (Wildman–Crippen MR) is 112 cm³/mol.